The van der Waals surface area contributed by atoms with Crippen LogP contribution >= 0.6 is 0 Å². The number of nitrogens with zero attached hydrogens (tertiary/aromatic N) is 4. The van der Waals surface area contributed by atoms with Crippen LogP contribution in [0.2, 0.25) is 45.3 Å². The number of carbonyl (C=O) groups is 1. The molecule has 0 radical (unpaired) electrons. The van der Waals surface area contributed by atoms with Gasteiger partial charge in [-0.05, 0) is 24.8 Å². The third kappa shape index (κ3) is 5.61. The first-order valence-corrected chi connectivity index (χ1v) is 19.3. The van der Waals surface area contributed by atoms with Crippen molar-refractivity contribution in [3.05, 3.63) is 18.1 Å². The van der Waals surface area contributed by atoms with Crippen molar-refractivity contribution in [2.45, 2.75) is 64.2 Å². The summed E-state index contributed by atoms with van der Waals surface area (Å²) in [5.74, 6) is 4.90. The normalized spacial score (nSPS) is 21.0. The number of aromatic amines is 1. The van der Waals surface area contributed by atoms with Crippen LogP contribution in [0, 0.1) is 17.4 Å². The topological polar surface area (TPSA) is 74.4 Å². The molecular weight excluding hydrogens is 446 g/mol. The minimum Gasteiger partial charge on any atom is -0.450 e. The second kappa shape index (κ2) is 9.14. The van der Waals surface area contributed by atoms with Crippen LogP contribution in [0.25, 0.3) is 11.0 Å². The summed E-state index contributed by atoms with van der Waals surface area (Å²) in [5.41, 5.74) is 5.25. The zero-order chi connectivity index (χ0) is 23.8. The van der Waals surface area contributed by atoms with Crippen LogP contribution in [-0.4, -0.2) is 74.4 Å². The number of H-pyrrole nitrogens is 1. The van der Waals surface area contributed by atoms with E-state index in [1.807, 2.05) is 11.1 Å². The Hall–Kier alpha value is -2.32. The molecular formula is C24H37N5O2Si2. The lowest BCUT2D eigenvalue weighted by atomic mass is 9.92. The van der Waals surface area contributed by atoms with Crippen molar-refractivity contribution in [2.75, 3.05) is 31.1 Å². The summed E-state index contributed by atoms with van der Waals surface area (Å²) in [5, 5.41) is 0.999. The monoisotopic (exact) mass is 483 g/mol. The molecule has 2 saturated heterocycles. The number of piperidine rings is 1. The molecule has 178 valence electrons. The maximum atomic E-state index is 12.8. The van der Waals surface area contributed by atoms with Gasteiger partial charge < -0.3 is 19.5 Å². The molecule has 0 unspecified atom stereocenters. The third-order valence-electron chi connectivity index (χ3n) is 6.49. The Labute approximate surface area is 199 Å². The van der Waals surface area contributed by atoms with E-state index in [4.69, 9.17) is 9.72 Å². The number of anilines is 1. The molecule has 33 heavy (non-hydrogen) atoms. The molecule has 4 rings (SSSR count). The molecule has 0 aliphatic carbocycles. The third-order valence-corrected chi connectivity index (χ3v) is 9.07. The van der Waals surface area contributed by atoms with Gasteiger partial charge in [0.1, 0.15) is 25.9 Å². The Balaban J connectivity index is 1.55. The lowest BCUT2D eigenvalue weighted by molar-refractivity contribution is 0.0890. The van der Waals surface area contributed by atoms with E-state index in [0.29, 0.717) is 19.1 Å². The Bertz CT molecular complexity index is 1080. The molecule has 4 heterocycles. The smallest absolute Gasteiger partial charge is 0.409 e. The molecule has 0 aromatic carbocycles. The van der Waals surface area contributed by atoms with Crippen molar-refractivity contribution in [3.63, 3.8) is 0 Å². The SMILES string of the molecule is C[Si](C)(C)C#Cc1c[nH]c2ncnc(N3CC[C@H]4CCN(C(=O)OCC[Si](C)(C)C)C[C@H]43)c12. The molecule has 0 spiro atoms. The van der Waals surface area contributed by atoms with E-state index in [-0.39, 0.29) is 12.1 Å². The van der Waals surface area contributed by atoms with Gasteiger partial charge in [-0.25, -0.2) is 14.8 Å². The van der Waals surface area contributed by atoms with E-state index < -0.39 is 16.1 Å². The zero-order valence-electron chi connectivity index (χ0n) is 20.9. The van der Waals surface area contributed by atoms with Gasteiger partial charge in [0.2, 0.25) is 0 Å². The highest BCUT2D eigenvalue weighted by Gasteiger charge is 2.41. The van der Waals surface area contributed by atoms with Crippen LogP contribution in [0.4, 0.5) is 10.6 Å². The van der Waals surface area contributed by atoms with E-state index in [9.17, 15) is 4.79 Å². The highest BCUT2D eigenvalue weighted by atomic mass is 28.3. The van der Waals surface area contributed by atoms with Crippen molar-refractivity contribution in [1.29, 1.82) is 0 Å². The van der Waals surface area contributed by atoms with Crippen molar-refractivity contribution in [2.24, 2.45) is 5.92 Å². The maximum Gasteiger partial charge on any atom is 0.409 e. The number of fused-ring (bicyclic) bond motifs is 2. The van der Waals surface area contributed by atoms with Gasteiger partial charge in [-0.3, -0.25) is 0 Å². The summed E-state index contributed by atoms with van der Waals surface area (Å²) in [6.45, 7) is 16.6. The van der Waals surface area contributed by atoms with E-state index in [0.717, 1.165) is 54.4 Å². The van der Waals surface area contributed by atoms with Gasteiger partial charge in [0.15, 0.2) is 0 Å². The second-order valence-electron chi connectivity index (χ2n) is 11.6. The van der Waals surface area contributed by atoms with Crippen molar-refractivity contribution in [1.82, 2.24) is 19.9 Å². The fraction of sp³-hybridized carbons (Fsp3) is 0.625. The van der Waals surface area contributed by atoms with Gasteiger partial charge in [-0.2, -0.15) is 0 Å². The van der Waals surface area contributed by atoms with Gasteiger partial charge in [-0.15, -0.1) is 5.54 Å². The summed E-state index contributed by atoms with van der Waals surface area (Å²) in [6.07, 6.45) is 5.53. The highest BCUT2D eigenvalue weighted by Crippen LogP contribution is 2.37. The minimum atomic E-state index is -1.51. The van der Waals surface area contributed by atoms with Gasteiger partial charge >= 0.3 is 6.09 Å². The van der Waals surface area contributed by atoms with Crippen LogP contribution in [-0.2, 0) is 4.74 Å². The van der Waals surface area contributed by atoms with Crippen molar-refractivity contribution < 1.29 is 9.53 Å². The number of rotatable bonds is 4. The van der Waals surface area contributed by atoms with Crippen molar-refractivity contribution in [3.8, 4) is 11.5 Å². The Morgan fingerprint density at radius 1 is 1.18 bits per heavy atom. The Morgan fingerprint density at radius 2 is 1.94 bits per heavy atom. The minimum absolute atomic E-state index is 0.172. The number of likely N-dealkylation sites (tertiary alicyclic amines) is 1. The molecule has 1 N–H and O–H groups in total. The molecule has 2 aliphatic rings. The predicted octanol–water partition coefficient (Wildman–Crippen LogP) is 4.56. The Morgan fingerprint density at radius 3 is 2.67 bits per heavy atom. The van der Waals surface area contributed by atoms with E-state index in [1.165, 1.54) is 0 Å². The van der Waals surface area contributed by atoms with Crippen LogP contribution in [0.1, 0.15) is 18.4 Å². The number of amides is 1. The number of aromatic nitrogens is 3. The standard InChI is InChI=1S/C24H37N5O2Si2/c1-32(2,3)13-9-19-15-25-22-21(19)23(27-17-26-22)29-11-8-18-7-10-28(16-20(18)29)24(30)31-12-14-33(4,5)6/h15,17-18,20H,7-8,10-12,14,16H2,1-6H3,(H,25,26,27)/t18-,20-/m1/s1. The average Bonchev–Trinajstić information content (AvgIpc) is 3.34. The molecule has 9 heteroatoms. The van der Waals surface area contributed by atoms with Crippen LogP contribution in [0.5, 0.6) is 0 Å². The number of carbonyl (C=O) groups excluding carboxylic acids is 1. The lowest BCUT2D eigenvalue weighted by Gasteiger charge is -2.38. The highest BCUT2D eigenvalue weighted by molar-refractivity contribution is 6.83. The molecule has 7 nitrogen and oxygen atoms in total. The number of nitrogens with one attached hydrogen (secondary N) is 1. The summed E-state index contributed by atoms with van der Waals surface area (Å²) in [7, 11) is -2.73. The van der Waals surface area contributed by atoms with E-state index in [1.54, 1.807) is 6.33 Å². The summed E-state index contributed by atoms with van der Waals surface area (Å²) >= 11 is 0. The first-order valence-electron chi connectivity index (χ1n) is 12.1. The van der Waals surface area contributed by atoms with Crippen LogP contribution in [0.15, 0.2) is 12.5 Å². The molecule has 2 aromatic rings. The van der Waals surface area contributed by atoms with Gasteiger partial charge in [0, 0.05) is 33.9 Å². The van der Waals surface area contributed by atoms with Gasteiger partial charge in [0.25, 0.3) is 0 Å². The van der Waals surface area contributed by atoms with Gasteiger partial charge in [-0.1, -0.05) is 45.2 Å². The number of ether oxygens (including phenoxy) is 1. The summed E-state index contributed by atoms with van der Waals surface area (Å²) in [4.78, 5) is 29.5. The molecule has 2 fully saturated rings. The molecule has 2 aromatic heterocycles. The first kappa shape index (κ1) is 23.8. The average molecular weight is 484 g/mol. The molecule has 2 aliphatic heterocycles. The largest absolute Gasteiger partial charge is 0.450 e. The van der Waals surface area contributed by atoms with Crippen LogP contribution in [0.3, 0.4) is 0 Å². The fourth-order valence-electron chi connectivity index (χ4n) is 4.62. The quantitative estimate of drug-likeness (QED) is 0.510. The lowest BCUT2D eigenvalue weighted by Crippen LogP contribution is -2.50. The number of hydrogen-bond donors (Lipinski definition) is 1. The van der Waals surface area contributed by atoms with Gasteiger partial charge in [0.05, 0.1) is 23.6 Å². The number of hydrogen-bond acceptors (Lipinski definition) is 5. The maximum absolute atomic E-state index is 12.8. The van der Waals surface area contributed by atoms with Crippen LogP contribution < -0.4 is 4.90 Å². The summed E-state index contributed by atoms with van der Waals surface area (Å²) in [6, 6.07) is 1.24. The Kier molecular flexibility index (Phi) is 6.60. The summed E-state index contributed by atoms with van der Waals surface area (Å²) < 4.78 is 5.65. The fourth-order valence-corrected chi connectivity index (χ4v) is 5.85. The molecule has 0 bridgehead atoms. The van der Waals surface area contributed by atoms with E-state index >= 15 is 0 Å². The molecule has 0 saturated carbocycles. The first-order chi connectivity index (χ1) is 15.5. The molecule has 2 atom stereocenters. The van der Waals surface area contributed by atoms with Crippen molar-refractivity contribution >= 4 is 39.1 Å². The predicted molar refractivity (Wildman–Crippen MR) is 139 cm³/mol. The molecule has 1 amide bonds. The van der Waals surface area contributed by atoms with E-state index in [2.05, 4.69) is 65.6 Å². The second-order valence-corrected chi connectivity index (χ2v) is 22.0. The zero-order valence-corrected chi connectivity index (χ0v) is 22.9.